The third kappa shape index (κ3) is 2.60. The van der Waals surface area contributed by atoms with Crippen LogP contribution in [0.25, 0.3) is 12.2 Å². The minimum absolute atomic E-state index is 0.00949. The minimum Gasteiger partial charge on any atom is -0.478 e. The van der Waals surface area contributed by atoms with Crippen LogP contribution in [0.1, 0.15) is 11.4 Å². The number of anilines is 1. The van der Waals surface area contributed by atoms with Gasteiger partial charge in [-0.25, -0.2) is 9.97 Å². The Morgan fingerprint density at radius 3 is 2.89 bits per heavy atom. The molecule has 94 valence electrons. The van der Waals surface area contributed by atoms with E-state index in [1.54, 1.807) is 12.3 Å². The Morgan fingerprint density at radius 1 is 1.21 bits per heavy atom. The van der Waals surface area contributed by atoms with Gasteiger partial charge in [-0.1, -0.05) is 36.4 Å². The fourth-order valence-corrected chi connectivity index (χ4v) is 1.71. The Morgan fingerprint density at radius 2 is 2.05 bits per heavy atom. The summed E-state index contributed by atoms with van der Waals surface area (Å²) in [7, 11) is 0. The summed E-state index contributed by atoms with van der Waals surface area (Å²) >= 11 is 0. The van der Waals surface area contributed by atoms with Gasteiger partial charge in [0, 0.05) is 0 Å². The number of rotatable bonds is 2. The number of aromatic nitrogens is 2. The van der Waals surface area contributed by atoms with Crippen LogP contribution in [0, 0.1) is 0 Å². The molecule has 19 heavy (non-hydrogen) atoms. The fraction of sp³-hybridized carbons (Fsp3) is 0.0714. The number of fused-ring (bicyclic) bond motifs is 1. The van der Waals surface area contributed by atoms with Crippen LogP contribution in [-0.4, -0.2) is 22.5 Å². The molecule has 0 aliphatic carbocycles. The Hall–Kier alpha value is -2.69. The number of benzene rings is 1. The summed E-state index contributed by atoms with van der Waals surface area (Å²) in [6.07, 6.45) is 5.26. The number of hydrogen-bond acceptors (Lipinski definition) is 4. The maximum Gasteiger partial charge on any atom is 0.263 e. The van der Waals surface area contributed by atoms with E-state index in [1.807, 2.05) is 36.4 Å². The van der Waals surface area contributed by atoms with Crippen molar-refractivity contribution in [2.75, 3.05) is 11.9 Å². The van der Waals surface area contributed by atoms with E-state index in [4.69, 9.17) is 4.74 Å². The quantitative estimate of drug-likeness (QED) is 0.888. The summed E-state index contributed by atoms with van der Waals surface area (Å²) in [4.78, 5) is 19.6. The zero-order valence-corrected chi connectivity index (χ0v) is 10.0. The molecule has 5 heteroatoms. The molecule has 0 bridgehead atoms. The number of nitrogens with one attached hydrogen (secondary N) is 1. The summed E-state index contributed by atoms with van der Waals surface area (Å²) in [5, 5.41) is 2.65. The van der Waals surface area contributed by atoms with Crippen molar-refractivity contribution >= 4 is 23.9 Å². The Bertz CT molecular complexity index is 638. The topological polar surface area (TPSA) is 64.1 Å². The van der Waals surface area contributed by atoms with Crippen LogP contribution >= 0.6 is 0 Å². The first kappa shape index (κ1) is 11.4. The molecule has 1 aromatic heterocycles. The molecule has 2 aromatic rings. The maximum absolute atomic E-state index is 11.2. The van der Waals surface area contributed by atoms with E-state index in [2.05, 4.69) is 15.3 Å². The van der Waals surface area contributed by atoms with Crippen molar-refractivity contribution < 1.29 is 9.53 Å². The Balaban J connectivity index is 1.84. The van der Waals surface area contributed by atoms with Crippen LogP contribution in [0.15, 0.2) is 36.5 Å². The highest BCUT2D eigenvalue weighted by Crippen LogP contribution is 2.24. The predicted octanol–water partition coefficient (Wildman–Crippen LogP) is 1.98. The van der Waals surface area contributed by atoms with Gasteiger partial charge in [-0.3, -0.25) is 4.79 Å². The molecule has 1 aromatic carbocycles. The predicted molar refractivity (Wildman–Crippen MR) is 71.5 cm³/mol. The van der Waals surface area contributed by atoms with Crippen LogP contribution < -0.4 is 10.1 Å². The van der Waals surface area contributed by atoms with Gasteiger partial charge in [0.05, 0.1) is 6.20 Å². The molecule has 1 N–H and O–H groups in total. The molecule has 1 aliphatic heterocycles. The van der Waals surface area contributed by atoms with Gasteiger partial charge in [0.25, 0.3) is 5.91 Å². The van der Waals surface area contributed by atoms with Gasteiger partial charge in [-0.2, -0.15) is 0 Å². The first-order valence-corrected chi connectivity index (χ1v) is 5.84. The van der Waals surface area contributed by atoms with E-state index >= 15 is 0 Å². The molecule has 1 aliphatic rings. The highest BCUT2D eigenvalue weighted by atomic mass is 16.5. The highest BCUT2D eigenvalue weighted by molar-refractivity contribution is 5.94. The molecule has 2 heterocycles. The molecule has 0 spiro atoms. The number of nitrogens with zero attached hydrogens (tertiary/aromatic N) is 2. The van der Waals surface area contributed by atoms with E-state index < -0.39 is 0 Å². The summed E-state index contributed by atoms with van der Waals surface area (Å²) in [6.45, 7) is 0.00949. The molecule has 0 saturated carbocycles. The summed E-state index contributed by atoms with van der Waals surface area (Å²) in [5.74, 6) is 1.23. The first-order chi connectivity index (χ1) is 9.31. The Kier molecular flexibility index (Phi) is 2.94. The van der Waals surface area contributed by atoms with E-state index in [1.165, 1.54) is 0 Å². The van der Waals surface area contributed by atoms with Crippen LogP contribution in [0.5, 0.6) is 5.75 Å². The van der Waals surface area contributed by atoms with E-state index in [0.717, 1.165) is 5.56 Å². The lowest BCUT2D eigenvalue weighted by molar-refractivity contribution is -0.118. The van der Waals surface area contributed by atoms with Gasteiger partial charge in [-0.15, -0.1) is 0 Å². The highest BCUT2D eigenvalue weighted by Gasteiger charge is 2.17. The maximum atomic E-state index is 11.2. The molecular formula is C14H11N3O2. The third-order valence-electron chi connectivity index (χ3n) is 2.61. The fourth-order valence-electron chi connectivity index (χ4n) is 1.71. The standard InChI is InChI=1S/C14H11N3O2/c18-13-9-19-11-8-15-12(16-14(11)17-13)7-6-10-4-2-1-3-5-10/h1-8H,9H2,(H,15,16,17,18). The lowest BCUT2D eigenvalue weighted by Gasteiger charge is -2.15. The number of amides is 1. The Labute approximate surface area is 110 Å². The van der Waals surface area contributed by atoms with Crippen molar-refractivity contribution in [2.24, 2.45) is 0 Å². The largest absolute Gasteiger partial charge is 0.478 e. The van der Waals surface area contributed by atoms with Crippen LogP contribution in [-0.2, 0) is 4.79 Å². The van der Waals surface area contributed by atoms with Crippen molar-refractivity contribution in [3.8, 4) is 5.75 Å². The van der Waals surface area contributed by atoms with Crippen LogP contribution in [0.3, 0.4) is 0 Å². The third-order valence-corrected chi connectivity index (χ3v) is 2.61. The molecule has 0 atom stereocenters. The second kappa shape index (κ2) is 4.89. The zero-order valence-electron chi connectivity index (χ0n) is 10.0. The molecular weight excluding hydrogens is 242 g/mol. The SMILES string of the molecule is O=C1COc2cnc(C=Cc3ccccc3)nc2N1. The van der Waals surface area contributed by atoms with Crippen molar-refractivity contribution in [3.63, 3.8) is 0 Å². The van der Waals surface area contributed by atoms with E-state index in [-0.39, 0.29) is 12.5 Å². The second-order valence-electron chi connectivity index (χ2n) is 4.02. The van der Waals surface area contributed by atoms with Crippen molar-refractivity contribution in [1.82, 2.24) is 9.97 Å². The number of hydrogen-bond donors (Lipinski definition) is 1. The molecule has 0 saturated heterocycles. The second-order valence-corrected chi connectivity index (χ2v) is 4.02. The zero-order chi connectivity index (χ0) is 13.1. The molecule has 0 fully saturated rings. The van der Waals surface area contributed by atoms with Crippen molar-refractivity contribution in [1.29, 1.82) is 0 Å². The normalized spacial score (nSPS) is 13.8. The number of carbonyl (C=O) groups is 1. The van der Waals surface area contributed by atoms with Gasteiger partial charge >= 0.3 is 0 Å². The number of carbonyl (C=O) groups excluding carboxylic acids is 1. The lowest BCUT2D eigenvalue weighted by Crippen LogP contribution is -2.26. The van der Waals surface area contributed by atoms with Crippen molar-refractivity contribution in [2.45, 2.75) is 0 Å². The van der Waals surface area contributed by atoms with E-state index in [9.17, 15) is 4.79 Å². The number of ether oxygens (including phenoxy) is 1. The monoisotopic (exact) mass is 253 g/mol. The van der Waals surface area contributed by atoms with Gasteiger partial charge < -0.3 is 10.1 Å². The molecule has 0 radical (unpaired) electrons. The molecule has 1 amide bonds. The summed E-state index contributed by atoms with van der Waals surface area (Å²) < 4.78 is 5.19. The summed E-state index contributed by atoms with van der Waals surface area (Å²) in [6, 6.07) is 9.85. The van der Waals surface area contributed by atoms with Gasteiger partial charge in [0.15, 0.2) is 24.0 Å². The average Bonchev–Trinajstić information content (AvgIpc) is 2.46. The summed E-state index contributed by atoms with van der Waals surface area (Å²) in [5.41, 5.74) is 1.06. The van der Waals surface area contributed by atoms with E-state index in [0.29, 0.717) is 17.4 Å². The van der Waals surface area contributed by atoms with Gasteiger partial charge in [0.2, 0.25) is 0 Å². The van der Waals surface area contributed by atoms with Gasteiger partial charge in [-0.05, 0) is 11.6 Å². The van der Waals surface area contributed by atoms with Crippen molar-refractivity contribution in [3.05, 3.63) is 47.9 Å². The molecule has 5 nitrogen and oxygen atoms in total. The average molecular weight is 253 g/mol. The lowest BCUT2D eigenvalue weighted by atomic mass is 10.2. The molecule has 0 unspecified atom stereocenters. The van der Waals surface area contributed by atoms with Crippen LogP contribution in [0.4, 0.5) is 5.82 Å². The van der Waals surface area contributed by atoms with Crippen LogP contribution in [0.2, 0.25) is 0 Å². The first-order valence-electron chi connectivity index (χ1n) is 5.84. The van der Waals surface area contributed by atoms with Gasteiger partial charge in [0.1, 0.15) is 0 Å². The minimum atomic E-state index is -0.204. The molecule has 3 rings (SSSR count). The smallest absolute Gasteiger partial charge is 0.263 e.